The molecule has 0 aliphatic carbocycles. The van der Waals surface area contributed by atoms with Gasteiger partial charge in [0.15, 0.2) is 5.49 Å². The summed E-state index contributed by atoms with van der Waals surface area (Å²) in [6.45, 7) is 0. The van der Waals surface area contributed by atoms with Crippen LogP contribution in [0.2, 0.25) is 10.0 Å². The Balaban J connectivity index is 1.90. The van der Waals surface area contributed by atoms with Crippen LogP contribution in [0.1, 0.15) is 0 Å². The van der Waals surface area contributed by atoms with Crippen molar-refractivity contribution >= 4 is 45.9 Å². The van der Waals surface area contributed by atoms with Gasteiger partial charge in [0.1, 0.15) is 5.58 Å². The van der Waals surface area contributed by atoms with E-state index in [1.165, 1.54) is 4.57 Å². The lowest BCUT2D eigenvalue weighted by atomic mass is 10.2. The molecule has 0 aliphatic heterocycles. The lowest BCUT2D eigenvalue weighted by Gasteiger charge is -2.08. The number of fused-ring (bicyclic) bond motifs is 1. The zero-order valence-corrected chi connectivity index (χ0v) is 16.3. The topological polar surface area (TPSA) is 76.6 Å². The number of para-hydroxylation sites is 1. The molecule has 1 heterocycles. The molecule has 0 saturated heterocycles. The fraction of sp³-hybridized carbons (Fsp3) is 0. The maximum absolute atomic E-state index is 12.7. The largest absolute Gasteiger partial charge is 0.425 e. The minimum atomic E-state index is -0.677. The monoisotopic (exact) mass is 425 g/mol. The van der Waals surface area contributed by atoms with Crippen molar-refractivity contribution in [2.45, 2.75) is 0 Å². The van der Waals surface area contributed by atoms with Crippen molar-refractivity contribution in [1.29, 1.82) is 0 Å². The van der Waals surface area contributed by atoms with Crippen molar-refractivity contribution in [1.82, 2.24) is 4.57 Å². The number of anilines is 1. The highest BCUT2D eigenvalue weighted by Crippen LogP contribution is 2.15. The van der Waals surface area contributed by atoms with Gasteiger partial charge >= 0.3 is 11.8 Å². The Labute approximate surface area is 174 Å². The SMILES string of the molecule is O=C(/N=c1\c2ccccc2oc(=O)n1-c1ccc(Cl)cc1)Nc1ccc(Cl)cc1. The van der Waals surface area contributed by atoms with Crippen molar-refractivity contribution in [3.8, 4) is 5.69 Å². The molecule has 29 heavy (non-hydrogen) atoms. The predicted octanol–water partition coefficient (Wildman–Crippen LogP) is 5.02. The molecule has 4 aromatic rings. The van der Waals surface area contributed by atoms with Crippen LogP contribution in [-0.4, -0.2) is 10.6 Å². The number of halogens is 2. The minimum Gasteiger partial charge on any atom is -0.409 e. The van der Waals surface area contributed by atoms with Crippen LogP contribution < -0.4 is 16.6 Å². The van der Waals surface area contributed by atoms with Gasteiger partial charge in [-0.1, -0.05) is 35.3 Å². The Kier molecular flexibility index (Phi) is 5.20. The quantitative estimate of drug-likeness (QED) is 0.489. The third-order valence-corrected chi connectivity index (χ3v) is 4.61. The van der Waals surface area contributed by atoms with Gasteiger partial charge in [0.25, 0.3) is 0 Å². The fourth-order valence-corrected chi connectivity index (χ4v) is 3.05. The molecule has 0 saturated carbocycles. The number of hydrogen-bond donors (Lipinski definition) is 1. The molecule has 0 spiro atoms. The summed E-state index contributed by atoms with van der Waals surface area (Å²) in [5, 5.41) is 4.23. The van der Waals surface area contributed by atoms with Crippen molar-refractivity contribution in [2.24, 2.45) is 4.99 Å². The van der Waals surface area contributed by atoms with Crippen LogP contribution in [0, 0.1) is 0 Å². The van der Waals surface area contributed by atoms with Crippen molar-refractivity contribution in [3.05, 3.63) is 98.9 Å². The van der Waals surface area contributed by atoms with E-state index in [1.807, 2.05) is 0 Å². The maximum Gasteiger partial charge on any atom is 0.425 e. The highest BCUT2D eigenvalue weighted by molar-refractivity contribution is 6.30. The molecule has 1 aromatic heterocycles. The number of nitrogens with one attached hydrogen (secondary N) is 1. The first-order valence-corrected chi connectivity index (χ1v) is 9.29. The molecule has 0 bridgehead atoms. The Hall–Kier alpha value is -3.35. The van der Waals surface area contributed by atoms with Crippen LogP contribution >= 0.6 is 23.2 Å². The van der Waals surface area contributed by atoms with Gasteiger partial charge < -0.3 is 9.73 Å². The lowest BCUT2D eigenvalue weighted by molar-refractivity contribution is 0.258. The number of carbonyl (C=O) groups excluding carboxylic acids is 1. The number of amides is 2. The van der Waals surface area contributed by atoms with E-state index in [-0.39, 0.29) is 5.49 Å². The van der Waals surface area contributed by atoms with Crippen LogP contribution in [0.25, 0.3) is 16.7 Å². The first-order chi connectivity index (χ1) is 14.0. The van der Waals surface area contributed by atoms with Crippen LogP contribution in [0.5, 0.6) is 0 Å². The third-order valence-electron chi connectivity index (χ3n) is 4.11. The first kappa shape index (κ1) is 19.0. The van der Waals surface area contributed by atoms with Crippen LogP contribution in [0.4, 0.5) is 10.5 Å². The average Bonchev–Trinajstić information content (AvgIpc) is 2.71. The van der Waals surface area contributed by atoms with Crippen molar-refractivity contribution < 1.29 is 9.21 Å². The molecule has 4 rings (SSSR count). The molecule has 2 amide bonds. The van der Waals surface area contributed by atoms with Crippen molar-refractivity contribution in [3.63, 3.8) is 0 Å². The summed E-state index contributed by atoms with van der Waals surface area (Å²) in [4.78, 5) is 29.4. The first-order valence-electron chi connectivity index (χ1n) is 8.53. The smallest absolute Gasteiger partial charge is 0.409 e. The Morgan fingerprint density at radius 1 is 0.897 bits per heavy atom. The maximum atomic E-state index is 12.7. The highest BCUT2D eigenvalue weighted by Gasteiger charge is 2.12. The molecule has 8 heteroatoms. The second-order valence-corrected chi connectivity index (χ2v) is 6.92. The summed E-state index contributed by atoms with van der Waals surface area (Å²) in [6, 6.07) is 19.4. The normalized spacial score (nSPS) is 11.6. The van der Waals surface area contributed by atoms with E-state index >= 15 is 0 Å². The van der Waals surface area contributed by atoms with E-state index < -0.39 is 11.8 Å². The molecular weight excluding hydrogens is 413 g/mol. The van der Waals surface area contributed by atoms with E-state index in [4.69, 9.17) is 27.6 Å². The summed E-state index contributed by atoms with van der Waals surface area (Å²) in [5.74, 6) is -0.677. The molecule has 3 aromatic carbocycles. The Morgan fingerprint density at radius 3 is 2.21 bits per heavy atom. The van der Waals surface area contributed by atoms with Gasteiger partial charge in [0.05, 0.1) is 11.1 Å². The van der Waals surface area contributed by atoms with E-state index in [0.29, 0.717) is 32.4 Å². The van der Waals surface area contributed by atoms with Gasteiger partial charge in [-0.05, 0) is 60.7 Å². The summed E-state index contributed by atoms with van der Waals surface area (Å²) in [6.07, 6.45) is 0. The van der Waals surface area contributed by atoms with Gasteiger partial charge in [-0.25, -0.2) is 14.2 Å². The van der Waals surface area contributed by atoms with Gasteiger partial charge in [-0.3, -0.25) is 0 Å². The highest BCUT2D eigenvalue weighted by atomic mass is 35.5. The Bertz CT molecular complexity index is 1320. The molecule has 1 N–H and O–H groups in total. The molecule has 0 unspecified atom stereocenters. The van der Waals surface area contributed by atoms with E-state index in [9.17, 15) is 9.59 Å². The molecule has 0 atom stereocenters. The average molecular weight is 426 g/mol. The molecule has 6 nitrogen and oxygen atoms in total. The van der Waals surface area contributed by atoms with E-state index in [2.05, 4.69) is 10.3 Å². The van der Waals surface area contributed by atoms with Gasteiger partial charge in [0.2, 0.25) is 0 Å². The van der Waals surface area contributed by atoms with Gasteiger partial charge in [-0.2, -0.15) is 4.99 Å². The number of hydrogen-bond acceptors (Lipinski definition) is 3. The van der Waals surface area contributed by atoms with Crippen LogP contribution in [-0.2, 0) is 0 Å². The van der Waals surface area contributed by atoms with Gasteiger partial charge in [0, 0.05) is 15.7 Å². The van der Waals surface area contributed by atoms with Gasteiger partial charge in [-0.15, -0.1) is 0 Å². The number of benzene rings is 3. The van der Waals surface area contributed by atoms with E-state index in [0.717, 1.165) is 0 Å². The minimum absolute atomic E-state index is 0.144. The summed E-state index contributed by atoms with van der Waals surface area (Å²) in [7, 11) is 0. The molecule has 0 aliphatic rings. The standard InChI is InChI=1S/C21H13Cl2N3O3/c22-13-5-9-15(10-6-13)24-20(27)25-19-17-3-1-2-4-18(17)29-21(28)26(19)16-11-7-14(23)8-12-16/h1-12H,(H,24,27)/b25-19+. The number of urea groups is 1. The second-order valence-electron chi connectivity index (χ2n) is 6.05. The summed E-state index contributed by atoms with van der Waals surface area (Å²) >= 11 is 11.8. The number of aromatic nitrogens is 1. The lowest BCUT2D eigenvalue weighted by Crippen LogP contribution is -2.33. The summed E-state index contributed by atoms with van der Waals surface area (Å²) in [5.41, 5.74) is 1.45. The summed E-state index contributed by atoms with van der Waals surface area (Å²) < 4.78 is 6.62. The number of nitrogens with zero attached hydrogens (tertiary/aromatic N) is 2. The number of carbonyl (C=O) groups is 1. The molecule has 144 valence electrons. The third kappa shape index (κ3) is 4.08. The molecule has 0 fully saturated rings. The molecule has 0 radical (unpaired) electrons. The Morgan fingerprint density at radius 2 is 1.52 bits per heavy atom. The second kappa shape index (κ2) is 7.95. The van der Waals surface area contributed by atoms with Crippen LogP contribution in [0.3, 0.4) is 0 Å². The van der Waals surface area contributed by atoms with Crippen LogP contribution in [0.15, 0.2) is 87.0 Å². The molecular formula is C21H13Cl2N3O3. The van der Waals surface area contributed by atoms with Crippen molar-refractivity contribution in [2.75, 3.05) is 5.32 Å². The fourth-order valence-electron chi connectivity index (χ4n) is 2.80. The zero-order valence-electron chi connectivity index (χ0n) is 14.8. The predicted molar refractivity (Wildman–Crippen MR) is 113 cm³/mol. The zero-order chi connectivity index (χ0) is 20.4. The van der Waals surface area contributed by atoms with E-state index in [1.54, 1.807) is 72.8 Å². The number of rotatable bonds is 2.